The maximum absolute atomic E-state index is 13.1. The Morgan fingerprint density at radius 3 is 2.60 bits per heavy atom. The Balaban J connectivity index is 2.12. The Bertz CT molecular complexity index is 954. The molecule has 9 heteroatoms. The lowest BCUT2D eigenvalue weighted by molar-refractivity contribution is -0.121. The number of aromatic nitrogens is 1. The molecule has 2 aromatic rings. The van der Waals surface area contributed by atoms with Gasteiger partial charge >= 0.3 is 0 Å². The molecule has 0 spiro atoms. The van der Waals surface area contributed by atoms with Gasteiger partial charge in [-0.3, -0.25) is 14.3 Å². The number of nitrogens with zero attached hydrogens (tertiary/aromatic N) is 1. The van der Waals surface area contributed by atoms with Crippen molar-refractivity contribution in [2.45, 2.75) is 20.0 Å². The minimum absolute atomic E-state index is 0.117. The van der Waals surface area contributed by atoms with Crippen LogP contribution < -0.4 is 15.6 Å². The van der Waals surface area contributed by atoms with Crippen LogP contribution >= 0.6 is 0 Å². The molecule has 0 saturated carbocycles. The molecule has 0 bridgehead atoms. The first-order valence-electron chi connectivity index (χ1n) is 7.35. The number of halogens is 1. The third-order valence-electron chi connectivity index (χ3n) is 3.37. The number of hydrogen-bond donors (Lipinski definition) is 2. The lowest BCUT2D eigenvalue weighted by atomic mass is 10.2. The van der Waals surface area contributed by atoms with Gasteiger partial charge in [0.25, 0.3) is 5.56 Å². The summed E-state index contributed by atoms with van der Waals surface area (Å²) < 4.78 is 39.0. The summed E-state index contributed by atoms with van der Waals surface area (Å²) >= 11 is 0. The number of aryl methyl sites for hydroxylation is 1. The lowest BCUT2D eigenvalue weighted by Crippen LogP contribution is -2.34. The van der Waals surface area contributed by atoms with Crippen LogP contribution in [0.2, 0.25) is 0 Å². The molecule has 0 radical (unpaired) electrons. The van der Waals surface area contributed by atoms with Gasteiger partial charge in [0.15, 0.2) is 0 Å². The van der Waals surface area contributed by atoms with Crippen molar-refractivity contribution in [2.75, 3.05) is 11.0 Å². The van der Waals surface area contributed by atoms with Crippen LogP contribution in [0.5, 0.6) is 0 Å². The van der Waals surface area contributed by atoms with Crippen molar-refractivity contribution in [1.82, 2.24) is 9.88 Å². The van der Waals surface area contributed by atoms with Crippen molar-refractivity contribution in [1.29, 1.82) is 0 Å². The van der Waals surface area contributed by atoms with E-state index >= 15 is 0 Å². The average Bonchev–Trinajstić information content (AvgIpc) is 2.51. The summed E-state index contributed by atoms with van der Waals surface area (Å²) in [4.78, 5) is 24.4. The topological polar surface area (TPSA) is 97.3 Å². The highest BCUT2D eigenvalue weighted by atomic mass is 32.2. The fourth-order valence-electron chi connectivity index (χ4n) is 2.19. The second-order valence-electron chi connectivity index (χ2n) is 5.56. The van der Waals surface area contributed by atoms with Crippen LogP contribution in [0.25, 0.3) is 0 Å². The largest absolute Gasteiger partial charge is 0.350 e. The third kappa shape index (κ3) is 5.42. The number of nitrogens with one attached hydrogen (secondary N) is 2. The van der Waals surface area contributed by atoms with Gasteiger partial charge in [0.1, 0.15) is 18.0 Å². The van der Waals surface area contributed by atoms with E-state index in [-0.39, 0.29) is 18.8 Å². The molecule has 1 amide bonds. The molecule has 1 aromatic heterocycles. The van der Waals surface area contributed by atoms with Crippen LogP contribution in [0.4, 0.5) is 10.1 Å². The molecule has 0 fully saturated rings. The Labute approximate surface area is 144 Å². The van der Waals surface area contributed by atoms with Crippen molar-refractivity contribution in [2.24, 2.45) is 0 Å². The number of hydrogen-bond acceptors (Lipinski definition) is 4. The van der Waals surface area contributed by atoms with Gasteiger partial charge in [-0.25, -0.2) is 12.8 Å². The van der Waals surface area contributed by atoms with Crippen LogP contribution in [-0.2, 0) is 27.9 Å². The molecule has 7 nitrogen and oxygen atoms in total. The summed E-state index contributed by atoms with van der Waals surface area (Å²) in [5.74, 6) is -0.857. The summed E-state index contributed by atoms with van der Waals surface area (Å²) in [6.45, 7) is 1.47. The smallest absolute Gasteiger partial charge is 0.275 e. The molecule has 2 N–H and O–H groups in total. The van der Waals surface area contributed by atoms with E-state index in [1.807, 2.05) is 0 Å². The van der Waals surface area contributed by atoms with E-state index in [9.17, 15) is 22.4 Å². The Morgan fingerprint density at radius 1 is 1.24 bits per heavy atom. The van der Waals surface area contributed by atoms with Gasteiger partial charge in [-0.1, -0.05) is 12.1 Å². The zero-order valence-electron chi connectivity index (χ0n) is 13.7. The van der Waals surface area contributed by atoms with Crippen LogP contribution in [0.1, 0.15) is 11.3 Å². The number of rotatable bonds is 6. The van der Waals surface area contributed by atoms with Crippen LogP contribution in [-0.4, -0.2) is 25.1 Å². The molecule has 25 heavy (non-hydrogen) atoms. The van der Waals surface area contributed by atoms with Gasteiger partial charge in [0, 0.05) is 12.2 Å². The van der Waals surface area contributed by atoms with Crippen molar-refractivity contribution in [3.05, 3.63) is 63.8 Å². The zero-order valence-corrected chi connectivity index (χ0v) is 14.6. The third-order valence-corrected chi connectivity index (χ3v) is 3.96. The Hall–Kier alpha value is -2.68. The normalized spacial score (nSPS) is 11.2. The van der Waals surface area contributed by atoms with E-state index in [0.717, 1.165) is 10.8 Å². The highest BCUT2D eigenvalue weighted by Gasteiger charge is 2.12. The standard InChI is InChI=1S/C16H18FN3O4S/c1-11-6-7-14(19-25(2,23)24)16(22)20(11)10-15(21)18-9-12-4-3-5-13(17)8-12/h3-8,19H,9-10H2,1-2H3,(H,18,21). The molecule has 0 unspecified atom stereocenters. The average molecular weight is 367 g/mol. The van der Waals surface area contributed by atoms with Crippen molar-refractivity contribution in [3.8, 4) is 0 Å². The van der Waals surface area contributed by atoms with Gasteiger partial charge in [0.05, 0.1) is 6.26 Å². The monoisotopic (exact) mass is 367 g/mol. The zero-order chi connectivity index (χ0) is 18.6. The van der Waals surface area contributed by atoms with E-state index in [1.165, 1.54) is 30.3 Å². The predicted octanol–water partition coefficient (Wildman–Crippen LogP) is 0.984. The van der Waals surface area contributed by atoms with E-state index in [1.54, 1.807) is 13.0 Å². The first-order chi connectivity index (χ1) is 11.7. The number of pyridine rings is 1. The van der Waals surface area contributed by atoms with Crippen molar-refractivity contribution in [3.63, 3.8) is 0 Å². The van der Waals surface area contributed by atoms with E-state index in [2.05, 4.69) is 10.0 Å². The quantitative estimate of drug-likeness (QED) is 0.795. The maximum Gasteiger partial charge on any atom is 0.275 e. The fraction of sp³-hybridized carbons (Fsp3) is 0.250. The molecule has 0 aliphatic carbocycles. The van der Waals surface area contributed by atoms with Crippen LogP contribution in [0.3, 0.4) is 0 Å². The lowest BCUT2D eigenvalue weighted by Gasteiger charge is -2.12. The van der Waals surface area contributed by atoms with Crippen LogP contribution in [0.15, 0.2) is 41.2 Å². The van der Waals surface area contributed by atoms with E-state index in [4.69, 9.17) is 0 Å². The minimum atomic E-state index is -3.61. The molecule has 0 saturated heterocycles. The van der Waals surface area contributed by atoms with Gasteiger partial charge in [-0.2, -0.15) is 0 Å². The highest BCUT2D eigenvalue weighted by Crippen LogP contribution is 2.06. The molecule has 1 aromatic carbocycles. The van der Waals surface area contributed by atoms with Crippen LogP contribution in [0, 0.1) is 12.7 Å². The Morgan fingerprint density at radius 2 is 1.96 bits per heavy atom. The molecule has 2 rings (SSSR count). The first-order valence-corrected chi connectivity index (χ1v) is 9.24. The maximum atomic E-state index is 13.1. The molecule has 1 heterocycles. The molecule has 0 aliphatic heterocycles. The SMILES string of the molecule is Cc1ccc(NS(C)(=O)=O)c(=O)n1CC(=O)NCc1cccc(F)c1. The predicted molar refractivity (Wildman–Crippen MR) is 92.2 cm³/mol. The van der Waals surface area contributed by atoms with Crippen molar-refractivity contribution < 1.29 is 17.6 Å². The minimum Gasteiger partial charge on any atom is -0.350 e. The number of amides is 1. The number of anilines is 1. The molecule has 0 aliphatic rings. The van der Waals surface area contributed by atoms with E-state index < -0.39 is 27.3 Å². The molecule has 134 valence electrons. The second-order valence-corrected chi connectivity index (χ2v) is 7.31. The number of carbonyl (C=O) groups is 1. The summed E-state index contributed by atoms with van der Waals surface area (Å²) in [6.07, 6.45) is 0.933. The Kier molecular flexibility index (Phi) is 5.58. The number of benzene rings is 1. The van der Waals surface area contributed by atoms with Gasteiger partial charge < -0.3 is 9.88 Å². The van der Waals surface area contributed by atoms with Gasteiger partial charge in [-0.15, -0.1) is 0 Å². The van der Waals surface area contributed by atoms with Gasteiger partial charge in [0.2, 0.25) is 15.9 Å². The number of carbonyl (C=O) groups excluding carboxylic acids is 1. The molecule has 0 atom stereocenters. The molecular weight excluding hydrogens is 349 g/mol. The highest BCUT2D eigenvalue weighted by molar-refractivity contribution is 7.92. The summed E-state index contributed by atoms with van der Waals surface area (Å²) in [5.41, 5.74) is 0.340. The summed E-state index contributed by atoms with van der Waals surface area (Å²) in [5, 5.41) is 2.59. The summed E-state index contributed by atoms with van der Waals surface area (Å²) in [7, 11) is -3.61. The summed E-state index contributed by atoms with van der Waals surface area (Å²) in [6, 6.07) is 8.68. The van der Waals surface area contributed by atoms with Gasteiger partial charge in [-0.05, 0) is 36.8 Å². The van der Waals surface area contributed by atoms with E-state index in [0.29, 0.717) is 11.3 Å². The van der Waals surface area contributed by atoms with Crippen molar-refractivity contribution >= 4 is 21.6 Å². The first kappa shape index (κ1) is 18.7. The second kappa shape index (κ2) is 7.47. The fourth-order valence-corrected chi connectivity index (χ4v) is 2.75. The molecular formula is C16H18FN3O4S. The number of sulfonamides is 1.